The second kappa shape index (κ2) is 15.9. The van der Waals surface area contributed by atoms with Gasteiger partial charge in [-0.05, 0) is 94.1 Å². The molecule has 0 bridgehead atoms. The molecule has 303 valence electrons. The molecule has 60 heavy (non-hydrogen) atoms. The number of hydrogen-bond donors (Lipinski definition) is 0. The van der Waals surface area contributed by atoms with Crippen molar-refractivity contribution in [1.29, 1.82) is 0 Å². The fraction of sp³-hybridized carbons (Fsp3) is 0.222. The average Bonchev–Trinajstić information content (AvgIpc) is 3.86. The number of aryl methyl sites for hydroxylation is 3. The Hall–Kier alpha value is -5.39. The first-order valence-corrected chi connectivity index (χ1v) is 23.6. The molecule has 10 rings (SSSR count). The van der Waals surface area contributed by atoms with Crippen molar-refractivity contribution in [3.05, 3.63) is 155 Å². The number of imidazole rings is 1. The topological polar surface area (TPSA) is 43.3 Å². The zero-order valence-corrected chi connectivity index (χ0v) is 38.1. The molecule has 0 aliphatic carbocycles. The van der Waals surface area contributed by atoms with Crippen molar-refractivity contribution in [1.82, 2.24) is 14.4 Å². The maximum absolute atomic E-state index is 7.54. The fourth-order valence-electron chi connectivity index (χ4n) is 8.28. The molecule has 10 aromatic rings. The Balaban J connectivity index is 0.000000219. The van der Waals surface area contributed by atoms with E-state index in [1.165, 1.54) is 57.1 Å². The van der Waals surface area contributed by atoms with Gasteiger partial charge in [0.15, 0.2) is 0 Å². The first-order valence-electron chi connectivity index (χ1n) is 24.6. The average molecular weight is 987 g/mol. The summed E-state index contributed by atoms with van der Waals surface area (Å²) in [4.78, 5) is 9.20. The minimum Gasteiger partial charge on any atom is -0.500 e. The molecule has 4 nitrogen and oxygen atoms in total. The first-order chi connectivity index (χ1) is 31.9. The molecular formula is C54H51IrN3OSi-2. The molecule has 0 saturated carbocycles. The van der Waals surface area contributed by atoms with Crippen LogP contribution in [-0.4, -0.2) is 22.4 Å². The SMILES string of the molecule is CC(C)c1cc([Si](C)(C)C)cc(C(C)C)c1-c1ccc2c3c([c-]cc4oc5ccccc5c43)c3nc4ccccc4n3c2c1.[2H]C([2H])([2H])c1c[c-]c(-c2cc(C([2H])([2H])[2H])c(C([2H])([2H])[2H])cn2)cc1.[Ir]. The van der Waals surface area contributed by atoms with Gasteiger partial charge in [-0.25, -0.2) is 0 Å². The summed E-state index contributed by atoms with van der Waals surface area (Å²) in [7, 11) is -1.51. The molecule has 0 fully saturated rings. The van der Waals surface area contributed by atoms with Gasteiger partial charge in [0.25, 0.3) is 0 Å². The van der Waals surface area contributed by atoms with Crippen LogP contribution in [0.2, 0.25) is 19.6 Å². The number of fused-ring (bicyclic) bond motifs is 12. The maximum atomic E-state index is 7.54. The van der Waals surface area contributed by atoms with Gasteiger partial charge >= 0.3 is 0 Å². The summed E-state index contributed by atoms with van der Waals surface area (Å²) < 4.78 is 75.6. The monoisotopic (exact) mass is 987 g/mol. The number of pyridine rings is 2. The van der Waals surface area contributed by atoms with Crippen molar-refractivity contribution in [3.63, 3.8) is 0 Å². The van der Waals surface area contributed by atoms with E-state index in [-0.39, 0.29) is 42.5 Å². The third-order valence-corrected chi connectivity index (χ3v) is 13.4. The van der Waals surface area contributed by atoms with Crippen molar-refractivity contribution in [2.24, 2.45) is 0 Å². The Labute approximate surface area is 380 Å². The van der Waals surface area contributed by atoms with E-state index in [2.05, 4.69) is 142 Å². The molecular weight excluding hydrogens is 927 g/mol. The molecule has 0 saturated heterocycles. The predicted octanol–water partition coefficient (Wildman–Crippen LogP) is 14.4. The molecule has 6 aromatic carbocycles. The Bertz CT molecular complexity index is 3550. The molecule has 1 radical (unpaired) electrons. The Kier molecular flexibility index (Phi) is 8.34. The normalized spacial score (nSPS) is 14.8. The summed E-state index contributed by atoms with van der Waals surface area (Å²) in [6.07, 6.45) is 1.02. The maximum Gasteiger partial charge on any atom is 0.120 e. The van der Waals surface area contributed by atoms with Crippen molar-refractivity contribution < 1.29 is 36.9 Å². The van der Waals surface area contributed by atoms with Crippen LogP contribution in [0.3, 0.4) is 0 Å². The number of para-hydroxylation sites is 3. The number of hydrogen-bond acceptors (Lipinski definition) is 3. The van der Waals surface area contributed by atoms with Crippen LogP contribution >= 0.6 is 0 Å². The van der Waals surface area contributed by atoms with Crippen molar-refractivity contribution in [3.8, 4) is 22.4 Å². The smallest absolute Gasteiger partial charge is 0.120 e. The number of aromatic nitrogens is 3. The summed E-state index contributed by atoms with van der Waals surface area (Å²) in [5.74, 6) is 0.818. The van der Waals surface area contributed by atoms with Crippen LogP contribution < -0.4 is 5.19 Å². The van der Waals surface area contributed by atoms with E-state index in [1.54, 1.807) is 0 Å². The van der Waals surface area contributed by atoms with Crippen LogP contribution in [0.4, 0.5) is 0 Å². The van der Waals surface area contributed by atoms with Crippen LogP contribution in [0.1, 0.15) is 79.7 Å². The molecule has 0 aliphatic heterocycles. The molecule has 4 aromatic heterocycles. The standard InChI is InChI=1S/C40H37N2OSi.C14H14N.Ir/c1-23(2)30-21-26(44(5,6)7)22-31(24(3)4)37(30)25-16-17-27-34(20-25)42-33-14-10-9-13-32(33)41-40(42)29-18-19-36-39(38(27)29)28-12-8-11-15-35(28)43-36;1-10-4-6-13(7-5-10)14-8-11(2)12(3)9-15-14;/h8-17,19-24H,1-7H3;4-6,8-9H,1-3H3;/q2*-1;/i;1D3,2D3,3D3;. The number of nitrogens with zero attached hydrogens (tertiary/aromatic N) is 3. The summed E-state index contributed by atoms with van der Waals surface area (Å²) in [5, 5.41) is 7.15. The number of furan rings is 1. The van der Waals surface area contributed by atoms with Crippen LogP contribution in [0, 0.1) is 32.7 Å². The van der Waals surface area contributed by atoms with Gasteiger partial charge in [0.1, 0.15) is 5.58 Å². The van der Waals surface area contributed by atoms with E-state index in [1.807, 2.05) is 12.1 Å². The van der Waals surface area contributed by atoms with Gasteiger partial charge in [-0.3, -0.25) is 4.98 Å². The molecule has 0 amide bonds. The van der Waals surface area contributed by atoms with Crippen molar-refractivity contribution >= 4 is 73.6 Å². The Morgan fingerprint density at radius 2 is 1.45 bits per heavy atom. The van der Waals surface area contributed by atoms with Crippen molar-refractivity contribution in [2.45, 2.75) is 79.7 Å². The molecule has 0 aliphatic rings. The van der Waals surface area contributed by atoms with Gasteiger partial charge < -0.3 is 13.8 Å². The van der Waals surface area contributed by atoms with E-state index >= 15 is 0 Å². The predicted molar refractivity (Wildman–Crippen MR) is 253 cm³/mol. The third-order valence-electron chi connectivity index (χ3n) is 11.4. The van der Waals surface area contributed by atoms with Crippen LogP contribution in [0.25, 0.3) is 82.7 Å². The van der Waals surface area contributed by atoms with E-state index < -0.39 is 28.6 Å². The summed E-state index contributed by atoms with van der Waals surface area (Å²) >= 11 is 0. The third kappa shape index (κ3) is 7.19. The second-order valence-electron chi connectivity index (χ2n) is 17.1. The van der Waals surface area contributed by atoms with Crippen molar-refractivity contribution in [2.75, 3.05) is 0 Å². The van der Waals surface area contributed by atoms with E-state index in [0.29, 0.717) is 17.4 Å². The summed E-state index contributed by atoms with van der Waals surface area (Å²) in [6.45, 7) is 9.24. The van der Waals surface area contributed by atoms with Gasteiger partial charge in [-0.2, -0.15) is 0 Å². The van der Waals surface area contributed by atoms with E-state index in [9.17, 15) is 0 Å². The summed E-state index contributed by atoms with van der Waals surface area (Å²) in [5.41, 5.74) is 11.5. The second-order valence-corrected chi connectivity index (χ2v) is 22.1. The van der Waals surface area contributed by atoms with Gasteiger partial charge in [0, 0.05) is 49.5 Å². The zero-order valence-electron chi connectivity index (χ0n) is 43.7. The zero-order chi connectivity index (χ0) is 48.8. The van der Waals surface area contributed by atoms with Gasteiger partial charge in [-0.1, -0.05) is 136 Å². The molecule has 4 heterocycles. The van der Waals surface area contributed by atoms with Gasteiger partial charge in [0.2, 0.25) is 0 Å². The first kappa shape index (κ1) is 31.5. The van der Waals surface area contributed by atoms with Gasteiger partial charge in [-0.15, -0.1) is 47.5 Å². The minimum atomic E-state index is -2.61. The van der Waals surface area contributed by atoms with Gasteiger partial charge in [0.05, 0.1) is 30.3 Å². The van der Waals surface area contributed by atoms with E-state index in [0.717, 1.165) is 61.1 Å². The summed E-state index contributed by atoms with van der Waals surface area (Å²) in [6, 6.07) is 42.6. The number of rotatable bonds is 5. The minimum absolute atomic E-state index is 0. The Morgan fingerprint density at radius 1 is 0.700 bits per heavy atom. The van der Waals surface area contributed by atoms with E-state index in [4.69, 9.17) is 21.7 Å². The fourth-order valence-corrected chi connectivity index (χ4v) is 9.45. The Morgan fingerprint density at radius 3 is 2.15 bits per heavy atom. The molecule has 0 N–H and O–H groups in total. The quantitative estimate of drug-likeness (QED) is 0.0980. The van der Waals surface area contributed by atoms with Crippen LogP contribution in [-0.2, 0) is 20.1 Å². The molecule has 6 heteroatoms. The molecule has 0 unspecified atom stereocenters. The van der Waals surface area contributed by atoms with Crippen LogP contribution in [0.15, 0.2) is 120 Å². The largest absolute Gasteiger partial charge is 0.500 e. The molecule has 0 spiro atoms. The van der Waals surface area contributed by atoms with Crippen LogP contribution in [0.5, 0.6) is 0 Å². The number of benzene rings is 6. The molecule has 0 atom stereocenters.